The third-order valence-corrected chi connectivity index (χ3v) is 4.44. The van der Waals surface area contributed by atoms with Crippen LogP contribution in [0.3, 0.4) is 0 Å². The van der Waals surface area contributed by atoms with Crippen molar-refractivity contribution in [3.63, 3.8) is 0 Å². The number of carbonyl (C=O) groups is 1. The molecule has 4 aromatic rings. The van der Waals surface area contributed by atoms with Crippen LogP contribution in [0.15, 0.2) is 59.8 Å². The van der Waals surface area contributed by atoms with Crippen molar-refractivity contribution in [2.24, 2.45) is 0 Å². The lowest BCUT2D eigenvalue weighted by Crippen LogP contribution is -2.17. The van der Waals surface area contributed by atoms with Crippen molar-refractivity contribution < 1.29 is 4.79 Å². The molecule has 26 heavy (non-hydrogen) atoms. The molecule has 0 unspecified atom stereocenters. The standard InChI is InChI=1S/C20H18N4O2/c1-2-14-6-9-18-21-15(13-23(18)12-14)7-8-17(25)16-11-20(26)24-10-4-3-5-19(24)22-16/h3-6,9-13H,2,7-8H2,1H3. The highest BCUT2D eigenvalue weighted by molar-refractivity contribution is 5.94. The lowest BCUT2D eigenvalue weighted by atomic mass is 10.1. The van der Waals surface area contributed by atoms with E-state index in [2.05, 4.69) is 29.2 Å². The molecule has 0 aromatic carbocycles. The zero-order valence-electron chi connectivity index (χ0n) is 14.4. The van der Waals surface area contributed by atoms with E-state index in [-0.39, 0.29) is 23.5 Å². The average Bonchev–Trinajstić information content (AvgIpc) is 3.08. The molecule has 4 heterocycles. The van der Waals surface area contributed by atoms with Crippen molar-refractivity contribution in [3.05, 3.63) is 82.3 Å². The smallest absolute Gasteiger partial charge is 0.258 e. The van der Waals surface area contributed by atoms with Gasteiger partial charge in [0.05, 0.1) is 5.69 Å². The maximum absolute atomic E-state index is 12.5. The summed E-state index contributed by atoms with van der Waals surface area (Å²) in [6, 6.07) is 10.6. The zero-order chi connectivity index (χ0) is 18.1. The van der Waals surface area contributed by atoms with Crippen LogP contribution in [0, 0.1) is 0 Å². The number of fused-ring (bicyclic) bond motifs is 2. The summed E-state index contributed by atoms with van der Waals surface area (Å²) in [6.07, 6.45) is 7.38. The third kappa shape index (κ3) is 3.01. The van der Waals surface area contributed by atoms with E-state index in [1.165, 1.54) is 16.0 Å². The Labute approximate surface area is 149 Å². The van der Waals surface area contributed by atoms with Gasteiger partial charge in [-0.2, -0.15) is 0 Å². The predicted molar refractivity (Wildman–Crippen MR) is 98.7 cm³/mol. The van der Waals surface area contributed by atoms with Crippen LogP contribution in [-0.4, -0.2) is 24.6 Å². The second-order valence-corrected chi connectivity index (χ2v) is 6.22. The maximum atomic E-state index is 12.5. The Kier molecular flexibility index (Phi) is 4.08. The summed E-state index contributed by atoms with van der Waals surface area (Å²) in [6.45, 7) is 2.11. The fraction of sp³-hybridized carbons (Fsp3) is 0.200. The first-order valence-corrected chi connectivity index (χ1v) is 8.62. The van der Waals surface area contributed by atoms with Crippen molar-refractivity contribution in [2.75, 3.05) is 0 Å². The van der Waals surface area contributed by atoms with Gasteiger partial charge >= 0.3 is 0 Å². The fourth-order valence-corrected chi connectivity index (χ4v) is 2.99. The molecule has 0 amide bonds. The largest absolute Gasteiger partial charge is 0.307 e. The normalized spacial score (nSPS) is 11.3. The minimum absolute atomic E-state index is 0.153. The van der Waals surface area contributed by atoms with Crippen LogP contribution < -0.4 is 5.56 Å². The second-order valence-electron chi connectivity index (χ2n) is 6.22. The Balaban J connectivity index is 1.54. The van der Waals surface area contributed by atoms with Crippen LogP contribution in [-0.2, 0) is 12.8 Å². The number of Topliss-reactive ketones (excluding diaryl/α,β-unsaturated/α-hetero) is 1. The number of aryl methyl sites for hydroxylation is 2. The summed E-state index contributed by atoms with van der Waals surface area (Å²) in [5.41, 5.74) is 3.38. The van der Waals surface area contributed by atoms with Crippen molar-refractivity contribution in [1.29, 1.82) is 0 Å². The first-order chi connectivity index (χ1) is 12.6. The number of nitrogens with zero attached hydrogens (tertiary/aromatic N) is 4. The molecular formula is C20H18N4O2. The van der Waals surface area contributed by atoms with Gasteiger partial charge in [-0.3, -0.25) is 14.0 Å². The van der Waals surface area contributed by atoms with E-state index in [9.17, 15) is 9.59 Å². The number of hydrogen-bond donors (Lipinski definition) is 0. The molecule has 0 N–H and O–H groups in total. The van der Waals surface area contributed by atoms with Crippen molar-refractivity contribution in [3.8, 4) is 0 Å². The molecule has 130 valence electrons. The molecule has 0 fully saturated rings. The Hall–Kier alpha value is -3.28. The quantitative estimate of drug-likeness (QED) is 0.521. The van der Waals surface area contributed by atoms with E-state index in [1.807, 2.05) is 16.7 Å². The average molecular weight is 346 g/mol. The molecule has 0 aliphatic rings. The molecule has 0 bridgehead atoms. The van der Waals surface area contributed by atoms with E-state index < -0.39 is 0 Å². The van der Waals surface area contributed by atoms with Gasteiger partial charge in [0, 0.05) is 31.1 Å². The highest BCUT2D eigenvalue weighted by atomic mass is 16.1. The zero-order valence-corrected chi connectivity index (χ0v) is 14.4. The molecule has 0 saturated carbocycles. The highest BCUT2D eigenvalue weighted by Gasteiger charge is 2.12. The SMILES string of the molecule is CCc1ccc2nc(CCC(=O)c3cc(=O)n4ccccc4n3)cn2c1. The molecule has 0 aliphatic heterocycles. The number of ketones is 1. The number of pyridine rings is 2. The van der Waals surface area contributed by atoms with Gasteiger partial charge in [0.1, 0.15) is 17.0 Å². The lowest BCUT2D eigenvalue weighted by Gasteiger charge is -2.02. The van der Waals surface area contributed by atoms with E-state index in [0.29, 0.717) is 12.1 Å². The van der Waals surface area contributed by atoms with Crippen molar-refractivity contribution in [1.82, 2.24) is 18.8 Å². The fourth-order valence-electron chi connectivity index (χ4n) is 2.99. The summed E-state index contributed by atoms with van der Waals surface area (Å²) >= 11 is 0. The molecule has 0 aliphatic carbocycles. The molecule has 0 atom stereocenters. The summed E-state index contributed by atoms with van der Waals surface area (Å²) in [4.78, 5) is 33.4. The number of aromatic nitrogens is 4. The summed E-state index contributed by atoms with van der Waals surface area (Å²) in [7, 11) is 0. The molecule has 6 nitrogen and oxygen atoms in total. The summed E-state index contributed by atoms with van der Waals surface area (Å²) in [5, 5.41) is 0. The van der Waals surface area contributed by atoms with Gasteiger partial charge in [-0.25, -0.2) is 9.97 Å². The first-order valence-electron chi connectivity index (χ1n) is 8.62. The Morgan fingerprint density at radius 1 is 1.08 bits per heavy atom. The van der Waals surface area contributed by atoms with Gasteiger partial charge in [-0.15, -0.1) is 0 Å². The van der Waals surface area contributed by atoms with E-state index >= 15 is 0 Å². The third-order valence-electron chi connectivity index (χ3n) is 4.44. The van der Waals surface area contributed by atoms with Crippen LogP contribution in [0.4, 0.5) is 0 Å². The summed E-state index contributed by atoms with van der Waals surface area (Å²) in [5.74, 6) is -0.153. The number of imidazole rings is 1. The van der Waals surface area contributed by atoms with Crippen molar-refractivity contribution in [2.45, 2.75) is 26.2 Å². The van der Waals surface area contributed by atoms with Gasteiger partial charge in [0.15, 0.2) is 5.78 Å². The number of carbonyl (C=O) groups excluding carboxylic acids is 1. The Bertz CT molecular complexity index is 1170. The van der Waals surface area contributed by atoms with Crippen LogP contribution >= 0.6 is 0 Å². The predicted octanol–water partition coefficient (Wildman–Crippen LogP) is 2.72. The minimum atomic E-state index is -0.251. The van der Waals surface area contributed by atoms with Crippen LogP contribution in [0.2, 0.25) is 0 Å². The van der Waals surface area contributed by atoms with Gasteiger partial charge in [-0.1, -0.05) is 19.1 Å². The van der Waals surface area contributed by atoms with Gasteiger partial charge < -0.3 is 4.40 Å². The Morgan fingerprint density at radius 2 is 1.96 bits per heavy atom. The second kappa shape index (κ2) is 6.55. The summed E-state index contributed by atoms with van der Waals surface area (Å²) < 4.78 is 3.41. The van der Waals surface area contributed by atoms with Gasteiger partial charge in [-0.05, 0) is 36.6 Å². The Morgan fingerprint density at radius 3 is 2.81 bits per heavy atom. The van der Waals surface area contributed by atoms with Crippen LogP contribution in [0.5, 0.6) is 0 Å². The van der Waals surface area contributed by atoms with E-state index in [4.69, 9.17) is 0 Å². The molecule has 0 saturated heterocycles. The van der Waals surface area contributed by atoms with Crippen LogP contribution in [0.1, 0.15) is 35.1 Å². The molecule has 0 radical (unpaired) electrons. The molecule has 4 aromatic heterocycles. The first kappa shape index (κ1) is 16.2. The molecule has 6 heteroatoms. The number of rotatable bonds is 5. The minimum Gasteiger partial charge on any atom is -0.307 e. The van der Waals surface area contributed by atoms with Crippen LogP contribution in [0.25, 0.3) is 11.3 Å². The molecule has 4 rings (SSSR count). The monoisotopic (exact) mass is 346 g/mol. The molecule has 0 spiro atoms. The highest BCUT2D eigenvalue weighted by Crippen LogP contribution is 2.11. The molecular weight excluding hydrogens is 328 g/mol. The van der Waals surface area contributed by atoms with E-state index in [1.54, 1.807) is 24.4 Å². The van der Waals surface area contributed by atoms with Crippen molar-refractivity contribution >= 4 is 17.1 Å². The van der Waals surface area contributed by atoms with Gasteiger partial charge in [0.25, 0.3) is 5.56 Å². The lowest BCUT2D eigenvalue weighted by molar-refractivity contribution is 0.0977. The topological polar surface area (TPSA) is 68.7 Å². The number of hydrogen-bond acceptors (Lipinski definition) is 4. The van der Waals surface area contributed by atoms with E-state index in [0.717, 1.165) is 17.8 Å². The van der Waals surface area contributed by atoms with Gasteiger partial charge in [0.2, 0.25) is 0 Å². The maximum Gasteiger partial charge on any atom is 0.258 e.